The Morgan fingerprint density at radius 2 is 1.85 bits per heavy atom. The largest absolute Gasteiger partial charge is 0.357 e. The molecule has 7 heteroatoms. The first-order valence-electron chi connectivity index (χ1n) is 9.91. The molecular weight excluding hydrogens is 338 g/mol. The number of guanidine groups is 1. The first-order chi connectivity index (χ1) is 13.2. The number of aromatic nitrogens is 3. The van der Waals surface area contributed by atoms with Gasteiger partial charge in [0.2, 0.25) is 0 Å². The summed E-state index contributed by atoms with van der Waals surface area (Å²) in [7, 11) is 0. The van der Waals surface area contributed by atoms with E-state index in [0.717, 1.165) is 44.5 Å². The van der Waals surface area contributed by atoms with Crippen molar-refractivity contribution in [3.8, 4) is 0 Å². The molecule has 0 radical (unpaired) electrons. The van der Waals surface area contributed by atoms with Gasteiger partial charge in [0.25, 0.3) is 0 Å². The van der Waals surface area contributed by atoms with E-state index in [4.69, 9.17) is 4.99 Å². The van der Waals surface area contributed by atoms with Gasteiger partial charge in [0, 0.05) is 19.6 Å². The number of benzene rings is 1. The normalized spacial score (nSPS) is 13.0. The minimum absolute atomic E-state index is 0.296. The van der Waals surface area contributed by atoms with Crippen LogP contribution < -0.4 is 10.6 Å². The lowest BCUT2D eigenvalue weighted by atomic mass is 10.1. The van der Waals surface area contributed by atoms with E-state index in [1.807, 2.05) is 4.57 Å². The molecule has 0 aliphatic carbocycles. The highest BCUT2D eigenvalue weighted by Gasteiger charge is 2.18. The number of likely N-dealkylation sites (N-methyl/N-ethyl adjacent to an activating group) is 1. The zero-order valence-corrected chi connectivity index (χ0v) is 17.0. The molecule has 0 aliphatic rings. The van der Waals surface area contributed by atoms with Gasteiger partial charge in [-0.2, -0.15) is 0 Å². The van der Waals surface area contributed by atoms with E-state index in [9.17, 15) is 0 Å². The minimum atomic E-state index is 0.296. The molecular formula is C20H33N7. The lowest BCUT2D eigenvalue weighted by molar-refractivity contribution is 0.219. The highest BCUT2D eigenvalue weighted by atomic mass is 15.3. The van der Waals surface area contributed by atoms with Gasteiger partial charge >= 0.3 is 0 Å². The quantitative estimate of drug-likeness (QED) is 0.496. The maximum absolute atomic E-state index is 4.69. The van der Waals surface area contributed by atoms with Gasteiger partial charge in [0.05, 0.1) is 6.04 Å². The summed E-state index contributed by atoms with van der Waals surface area (Å²) in [5.41, 5.74) is 1.32. The topological polar surface area (TPSA) is 70.4 Å². The van der Waals surface area contributed by atoms with Crippen LogP contribution in [0.3, 0.4) is 0 Å². The molecule has 0 fully saturated rings. The Morgan fingerprint density at radius 3 is 2.48 bits per heavy atom. The summed E-state index contributed by atoms with van der Waals surface area (Å²) in [6.45, 7) is 13.5. The molecule has 1 aromatic heterocycles. The summed E-state index contributed by atoms with van der Waals surface area (Å²) in [5, 5.41) is 15.0. The van der Waals surface area contributed by atoms with Gasteiger partial charge < -0.3 is 15.2 Å². The fourth-order valence-electron chi connectivity index (χ4n) is 3.15. The summed E-state index contributed by atoms with van der Waals surface area (Å²) in [6, 6.07) is 10.9. The Bertz CT molecular complexity index is 677. The van der Waals surface area contributed by atoms with Crippen LogP contribution in [-0.2, 0) is 13.1 Å². The summed E-state index contributed by atoms with van der Waals surface area (Å²) >= 11 is 0. The lowest BCUT2D eigenvalue weighted by Crippen LogP contribution is -2.43. The SMILES string of the molecule is CCNC(=NCc1nncn1CC)NCC(c1ccccc1)N(CC)CC. The fraction of sp³-hybridized carbons (Fsp3) is 0.550. The molecule has 1 aromatic carbocycles. The number of nitrogens with one attached hydrogen (secondary N) is 2. The molecule has 0 amide bonds. The van der Waals surface area contributed by atoms with Crippen LogP contribution in [0.1, 0.15) is 45.1 Å². The van der Waals surface area contributed by atoms with Crippen LogP contribution in [0, 0.1) is 0 Å². The number of hydrogen-bond acceptors (Lipinski definition) is 4. The van der Waals surface area contributed by atoms with Crippen LogP contribution in [-0.4, -0.2) is 51.8 Å². The third-order valence-corrected chi connectivity index (χ3v) is 4.66. The summed E-state index contributed by atoms with van der Waals surface area (Å²) in [4.78, 5) is 7.15. The Hall–Kier alpha value is -2.41. The van der Waals surface area contributed by atoms with Crippen LogP contribution in [0.25, 0.3) is 0 Å². The van der Waals surface area contributed by atoms with Gasteiger partial charge in [-0.3, -0.25) is 4.90 Å². The number of aliphatic imine (C=N–C) groups is 1. The first-order valence-corrected chi connectivity index (χ1v) is 9.91. The van der Waals surface area contributed by atoms with Gasteiger partial charge in [0.1, 0.15) is 12.9 Å². The van der Waals surface area contributed by atoms with E-state index >= 15 is 0 Å². The van der Waals surface area contributed by atoms with Crippen LogP contribution in [0.5, 0.6) is 0 Å². The van der Waals surface area contributed by atoms with Crippen LogP contribution in [0.2, 0.25) is 0 Å². The number of hydrogen-bond donors (Lipinski definition) is 2. The van der Waals surface area contributed by atoms with Gasteiger partial charge in [0.15, 0.2) is 11.8 Å². The van der Waals surface area contributed by atoms with E-state index < -0.39 is 0 Å². The molecule has 1 atom stereocenters. The maximum atomic E-state index is 4.69. The molecule has 27 heavy (non-hydrogen) atoms. The number of nitrogens with zero attached hydrogens (tertiary/aromatic N) is 5. The molecule has 2 rings (SSSR count). The van der Waals surface area contributed by atoms with Gasteiger partial charge in [-0.15, -0.1) is 10.2 Å². The molecule has 0 spiro atoms. The third kappa shape index (κ3) is 6.06. The van der Waals surface area contributed by atoms with Crippen LogP contribution >= 0.6 is 0 Å². The van der Waals surface area contributed by atoms with E-state index in [0.29, 0.717) is 12.6 Å². The predicted molar refractivity (Wildman–Crippen MR) is 111 cm³/mol. The summed E-state index contributed by atoms with van der Waals surface area (Å²) in [5.74, 6) is 1.68. The Kier molecular flexibility index (Phi) is 8.77. The second kappa shape index (κ2) is 11.3. The minimum Gasteiger partial charge on any atom is -0.357 e. The van der Waals surface area contributed by atoms with Crippen molar-refractivity contribution in [2.45, 2.75) is 46.8 Å². The van der Waals surface area contributed by atoms with Crippen molar-refractivity contribution < 1.29 is 0 Å². The summed E-state index contributed by atoms with van der Waals surface area (Å²) in [6.07, 6.45) is 1.75. The van der Waals surface area contributed by atoms with Crippen molar-refractivity contribution in [2.75, 3.05) is 26.2 Å². The van der Waals surface area contributed by atoms with Crippen molar-refractivity contribution in [3.63, 3.8) is 0 Å². The fourth-order valence-corrected chi connectivity index (χ4v) is 3.15. The number of aryl methyl sites for hydroxylation is 1. The predicted octanol–water partition coefficient (Wildman–Crippen LogP) is 2.44. The highest BCUT2D eigenvalue weighted by Crippen LogP contribution is 2.19. The van der Waals surface area contributed by atoms with Gasteiger partial charge in [-0.05, 0) is 32.5 Å². The van der Waals surface area contributed by atoms with E-state index in [-0.39, 0.29) is 0 Å². The van der Waals surface area contributed by atoms with Gasteiger partial charge in [-0.1, -0.05) is 44.2 Å². The number of rotatable bonds is 10. The van der Waals surface area contributed by atoms with E-state index in [2.05, 4.69) is 83.8 Å². The standard InChI is InChI=1S/C20H33N7/c1-5-21-20(23-15-19-25-24-16-27(19)8-4)22-14-18(26(6-2)7-3)17-12-10-9-11-13-17/h9-13,16,18H,5-8,14-15H2,1-4H3,(H2,21,22,23). The second-order valence-corrected chi connectivity index (χ2v) is 6.26. The lowest BCUT2D eigenvalue weighted by Gasteiger charge is -2.30. The molecule has 2 N–H and O–H groups in total. The average molecular weight is 372 g/mol. The van der Waals surface area contributed by atoms with Crippen molar-refractivity contribution >= 4 is 5.96 Å². The summed E-state index contributed by atoms with van der Waals surface area (Å²) < 4.78 is 2.01. The molecule has 0 saturated carbocycles. The van der Waals surface area contributed by atoms with Crippen LogP contribution in [0.15, 0.2) is 41.7 Å². The highest BCUT2D eigenvalue weighted by molar-refractivity contribution is 5.79. The van der Waals surface area contributed by atoms with Crippen molar-refractivity contribution in [2.24, 2.45) is 4.99 Å². The van der Waals surface area contributed by atoms with Crippen LogP contribution in [0.4, 0.5) is 0 Å². The van der Waals surface area contributed by atoms with Crippen molar-refractivity contribution in [3.05, 3.63) is 48.0 Å². The zero-order chi connectivity index (χ0) is 19.5. The molecule has 1 heterocycles. The maximum Gasteiger partial charge on any atom is 0.191 e. The molecule has 0 bridgehead atoms. The molecule has 0 aliphatic heterocycles. The van der Waals surface area contributed by atoms with Crippen molar-refractivity contribution in [1.29, 1.82) is 0 Å². The molecule has 0 saturated heterocycles. The smallest absolute Gasteiger partial charge is 0.191 e. The molecule has 7 nitrogen and oxygen atoms in total. The van der Waals surface area contributed by atoms with Gasteiger partial charge in [-0.25, -0.2) is 4.99 Å². The Morgan fingerprint density at radius 1 is 1.11 bits per heavy atom. The van der Waals surface area contributed by atoms with E-state index in [1.165, 1.54) is 5.56 Å². The third-order valence-electron chi connectivity index (χ3n) is 4.66. The first kappa shape index (κ1) is 20.9. The Balaban J connectivity index is 2.09. The monoisotopic (exact) mass is 371 g/mol. The van der Waals surface area contributed by atoms with Crippen molar-refractivity contribution in [1.82, 2.24) is 30.3 Å². The molecule has 1 unspecified atom stereocenters. The van der Waals surface area contributed by atoms with E-state index in [1.54, 1.807) is 6.33 Å². The molecule has 2 aromatic rings. The second-order valence-electron chi connectivity index (χ2n) is 6.26. The Labute approximate surface area is 162 Å². The molecule has 148 valence electrons. The average Bonchev–Trinajstić information content (AvgIpc) is 3.17. The zero-order valence-electron chi connectivity index (χ0n) is 17.0.